The summed E-state index contributed by atoms with van der Waals surface area (Å²) in [6.45, 7) is 2.08. The Morgan fingerprint density at radius 2 is 1.95 bits per heavy atom. The Kier molecular flexibility index (Phi) is 4.39. The maximum Gasteiger partial charge on any atom is 0.241 e. The van der Waals surface area contributed by atoms with Crippen LogP contribution in [-0.2, 0) is 16.4 Å². The minimum atomic E-state index is -3.48. The zero-order valence-corrected chi connectivity index (χ0v) is 11.7. The van der Waals surface area contributed by atoms with E-state index in [0.717, 1.165) is 12.0 Å². The monoisotopic (exact) mass is 281 g/mol. The maximum absolute atomic E-state index is 12.2. The smallest absolute Gasteiger partial charge is 0.241 e. The van der Waals surface area contributed by atoms with Crippen molar-refractivity contribution >= 4 is 10.0 Å². The highest BCUT2D eigenvalue weighted by Crippen LogP contribution is 2.19. The number of hydrogen-bond acceptors (Lipinski definition) is 3. The normalized spacial score (nSPS) is 22.8. The second-order valence-corrected chi connectivity index (χ2v) is 6.50. The number of benzene rings is 1. The topological polar surface area (TPSA) is 66.4 Å². The van der Waals surface area contributed by atoms with Gasteiger partial charge in [-0.25, -0.2) is 13.1 Å². The molecule has 0 aromatic heterocycles. The first-order chi connectivity index (χ1) is 9.05. The Morgan fingerprint density at radius 3 is 2.47 bits per heavy atom. The third-order valence-electron chi connectivity index (χ3n) is 3.36. The van der Waals surface area contributed by atoms with Crippen molar-refractivity contribution in [2.75, 3.05) is 6.61 Å². The fraction of sp³-hybridized carbons (Fsp3) is 0.429. The second kappa shape index (κ2) is 5.86. The zero-order chi connectivity index (χ0) is 13.9. The highest BCUT2D eigenvalue weighted by atomic mass is 32.2. The molecule has 5 heteroatoms. The van der Waals surface area contributed by atoms with Crippen LogP contribution in [0.5, 0.6) is 0 Å². The molecule has 0 spiro atoms. The van der Waals surface area contributed by atoms with Crippen molar-refractivity contribution in [2.45, 2.75) is 30.7 Å². The third kappa shape index (κ3) is 3.43. The van der Waals surface area contributed by atoms with Crippen molar-refractivity contribution in [3.63, 3.8) is 0 Å². The second-order valence-electron chi connectivity index (χ2n) is 4.79. The summed E-state index contributed by atoms with van der Waals surface area (Å²) in [7, 11) is -3.48. The van der Waals surface area contributed by atoms with Crippen LogP contribution in [0.3, 0.4) is 0 Å². The van der Waals surface area contributed by atoms with E-state index in [2.05, 4.69) is 4.72 Å². The predicted octanol–water partition coefficient (Wildman–Crippen LogP) is 1.46. The summed E-state index contributed by atoms with van der Waals surface area (Å²) in [6.07, 6.45) is 5.16. The summed E-state index contributed by atoms with van der Waals surface area (Å²) in [5.41, 5.74) is 1.11. The number of sulfonamides is 1. The minimum absolute atomic E-state index is 0.0511. The summed E-state index contributed by atoms with van der Waals surface area (Å²) in [5.74, 6) is 0.0511. The molecule has 0 heterocycles. The average Bonchev–Trinajstić information content (AvgIpc) is 2.85. The van der Waals surface area contributed by atoms with Crippen molar-refractivity contribution in [3.8, 4) is 0 Å². The third-order valence-corrected chi connectivity index (χ3v) is 4.86. The van der Waals surface area contributed by atoms with Gasteiger partial charge in [0.05, 0.1) is 4.90 Å². The SMILES string of the molecule is CCc1ccc(S(=O)(=O)N[C@@H]2C=C[C@H](CO)C2)cc1. The molecule has 1 aromatic carbocycles. The number of aryl methyl sites for hydroxylation is 1. The molecule has 1 aromatic rings. The standard InChI is InChI=1S/C14H19NO3S/c1-2-11-4-7-14(8-5-11)19(17,18)15-13-6-3-12(9-13)10-16/h3-8,12-13,15-16H,2,9-10H2,1H3/t12-,13+/m0/s1. The van der Waals surface area contributed by atoms with E-state index in [0.29, 0.717) is 6.42 Å². The highest BCUT2D eigenvalue weighted by molar-refractivity contribution is 7.89. The molecule has 0 amide bonds. The average molecular weight is 281 g/mol. The number of aliphatic hydroxyl groups is 1. The van der Waals surface area contributed by atoms with Gasteiger partial charge in [0.25, 0.3) is 0 Å². The van der Waals surface area contributed by atoms with Crippen molar-refractivity contribution in [1.82, 2.24) is 4.72 Å². The van der Waals surface area contributed by atoms with Crippen LogP contribution in [0.25, 0.3) is 0 Å². The molecule has 2 rings (SSSR count). The van der Waals surface area contributed by atoms with Crippen LogP contribution in [0, 0.1) is 5.92 Å². The number of rotatable bonds is 5. The van der Waals surface area contributed by atoms with Gasteiger partial charge in [-0.1, -0.05) is 31.2 Å². The molecule has 4 nitrogen and oxygen atoms in total. The van der Waals surface area contributed by atoms with Gasteiger partial charge in [-0.2, -0.15) is 0 Å². The molecule has 0 saturated carbocycles. The number of nitrogens with one attached hydrogen (secondary N) is 1. The first-order valence-corrected chi connectivity index (χ1v) is 7.94. The molecular formula is C14H19NO3S. The lowest BCUT2D eigenvalue weighted by Crippen LogP contribution is -2.32. The summed E-state index contributed by atoms with van der Waals surface area (Å²) >= 11 is 0. The Bertz CT molecular complexity index is 549. The number of hydrogen-bond donors (Lipinski definition) is 2. The molecule has 104 valence electrons. The van der Waals surface area contributed by atoms with Gasteiger partial charge in [0, 0.05) is 18.6 Å². The molecular weight excluding hydrogens is 262 g/mol. The van der Waals surface area contributed by atoms with Crippen molar-refractivity contribution in [2.24, 2.45) is 5.92 Å². The van der Waals surface area contributed by atoms with Crippen LogP contribution >= 0.6 is 0 Å². The quantitative estimate of drug-likeness (QED) is 0.803. The van der Waals surface area contributed by atoms with Crippen LogP contribution in [0.1, 0.15) is 18.9 Å². The summed E-state index contributed by atoms with van der Waals surface area (Å²) in [4.78, 5) is 0.283. The fourth-order valence-corrected chi connectivity index (χ4v) is 3.37. The largest absolute Gasteiger partial charge is 0.396 e. The summed E-state index contributed by atoms with van der Waals surface area (Å²) in [5, 5.41) is 9.03. The maximum atomic E-state index is 12.2. The number of aliphatic hydroxyl groups excluding tert-OH is 1. The molecule has 0 aliphatic heterocycles. The van der Waals surface area contributed by atoms with E-state index < -0.39 is 10.0 Å². The summed E-state index contributed by atoms with van der Waals surface area (Å²) < 4.78 is 27.0. The highest BCUT2D eigenvalue weighted by Gasteiger charge is 2.23. The van der Waals surface area contributed by atoms with Crippen LogP contribution < -0.4 is 4.72 Å². The van der Waals surface area contributed by atoms with E-state index in [1.165, 1.54) is 0 Å². The molecule has 2 N–H and O–H groups in total. The van der Waals surface area contributed by atoms with E-state index in [-0.39, 0.29) is 23.5 Å². The van der Waals surface area contributed by atoms with E-state index in [9.17, 15) is 8.42 Å². The molecule has 0 saturated heterocycles. The fourth-order valence-electron chi connectivity index (χ4n) is 2.17. The van der Waals surface area contributed by atoms with E-state index in [1.807, 2.05) is 25.1 Å². The lowest BCUT2D eigenvalue weighted by Gasteiger charge is -2.13. The lowest BCUT2D eigenvalue weighted by molar-refractivity contribution is 0.248. The van der Waals surface area contributed by atoms with E-state index in [4.69, 9.17) is 5.11 Å². The van der Waals surface area contributed by atoms with Gasteiger partial charge in [0.2, 0.25) is 10.0 Å². The van der Waals surface area contributed by atoms with Gasteiger partial charge < -0.3 is 5.11 Å². The molecule has 0 radical (unpaired) electrons. The summed E-state index contributed by atoms with van der Waals surface area (Å²) in [6, 6.07) is 6.69. The van der Waals surface area contributed by atoms with Gasteiger partial charge in [0.15, 0.2) is 0 Å². The van der Waals surface area contributed by atoms with Crippen LogP contribution in [0.15, 0.2) is 41.3 Å². The molecule has 0 fully saturated rings. The van der Waals surface area contributed by atoms with Gasteiger partial charge >= 0.3 is 0 Å². The molecule has 1 aliphatic rings. The first kappa shape index (κ1) is 14.2. The molecule has 0 bridgehead atoms. The van der Waals surface area contributed by atoms with Gasteiger partial charge in [-0.05, 0) is 30.5 Å². The van der Waals surface area contributed by atoms with Gasteiger partial charge in [-0.3, -0.25) is 0 Å². The zero-order valence-electron chi connectivity index (χ0n) is 10.9. The van der Waals surface area contributed by atoms with E-state index in [1.54, 1.807) is 18.2 Å². The Morgan fingerprint density at radius 1 is 1.26 bits per heavy atom. The van der Waals surface area contributed by atoms with Crippen LogP contribution in [0.2, 0.25) is 0 Å². The minimum Gasteiger partial charge on any atom is -0.396 e. The van der Waals surface area contributed by atoms with Crippen molar-refractivity contribution in [1.29, 1.82) is 0 Å². The molecule has 19 heavy (non-hydrogen) atoms. The lowest BCUT2D eigenvalue weighted by atomic mass is 10.1. The predicted molar refractivity (Wildman–Crippen MR) is 74.3 cm³/mol. The van der Waals surface area contributed by atoms with Gasteiger partial charge in [0.1, 0.15) is 0 Å². The Labute approximate surface area is 114 Å². The van der Waals surface area contributed by atoms with Crippen LogP contribution in [0.4, 0.5) is 0 Å². The van der Waals surface area contributed by atoms with Crippen LogP contribution in [-0.4, -0.2) is 26.2 Å². The van der Waals surface area contributed by atoms with Gasteiger partial charge in [-0.15, -0.1) is 0 Å². The molecule has 0 unspecified atom stereocenters. The molecule has 2 atom stereocenters. The van der Waals surface area contributed by atoms with Crippen molar-refractivity contribution < 1.29 is 13.5 Å². The Balaban J connectivity index is 2.08. The first-order valence-electron chi connectivity index (χ1n) is 6.45. The van der Waals surface area contributed by atoms with Crippen molar-refractivity contribution in [3.05, 3.63) is 42.0 Å². The Hall–Kier alpha value is -1.17. The van der Waals surface area contributed by atoms with E-state index >= 15 is 0 Å². The molecule has 1 aliphatic carbocycles.